The fourth-order valence-electron chi connectivity index (χ4n) is 3.80. The van der Waals surface area contributed by atoms with E-state index in [1.807, 2.05) is 48.2 Å². The van der Waals surface area contributed by atoms with Gasteiger partial charge in [-0.15, -0.1) is 0 Å². The van der Waals surface area contributed by atoms with Gasteiger partial charge in [-0.1, -0.05) is 12.1 Å². The Balaban J connectivity index is 1.32. The van der Waals surface area contributed by atoms with Crippen LogP contribution in [0.15, 0.2) is 67.1 Å². The smallest absolute Gasteiger partial charge is 0.272 e. The highest BCUT2D eigenvalue weighted by Gasteiger charge is 2.26. The van der Waals surface area contributed by atoms with Crippen molar-refractivity contribution < 1.29 is 9.59 Å². The molecule has 2 amide bonds. The number of pyridine rings is 3. The molecule has 1 aliphatic rings. The summed E-state index contributed by atoms with van der Waals surface area (Å²) in [5.74, 6) is 0.0753. The van der Waals surface area contributed by atoms with Gasteiger partial charge in [0.2, 0.25) is 0 Å². The van der Waals surface area contributed by atoms with E-state index in [0.29, 0.717) is 24.3 Å². The number of carbonyl (C=O) groups is 2. The molecule has 3 aromatic heterocycles. The maximum Gasteiger partial charge on any atom is 0.272 e. The Morgan fingerprint density at radius 3 is 2.32 bits per heavy atom. The van der Waals surface area contributed by atoms with Crippen LogP contribution in [0, 0.1) is 0 Å². The molecule has 158 valence electrons. The monoisotopic (exact) mass is 415 g/mol. The summed E-state index contributed by atoms with van der Waals surface area (Å²) >= 11 is 0. The van der Waals surface area contributed by atoms with Gasteiger partial charge < -0.3 is 10.2 Å². The Morgan fingerprint density at radius 2 is 1.71 bits per heavy atom. The molecule has 0 radical (unpaired) electrons. The fourth-order valence-corrected chi connectivity index (χ4v) is 3.80. The molecule has 31 heavy (non-hydrogen) atoms. The number of likely N-dealkylation sites (tertiary alicyclic amines) is 1. The molecule has 0 unspecified atom stereocenters. The van der Waals surface area contributed by atoms with Crippen LogP contribution in [0.2, 0.25) is 0 Å². The molecule has 0 aliphatic carbocycles. The second-order valence-electron chi connectivity index (χ2n) is 7.70. The molecule has 1 aliphatic heterocycles. The van der Waals surface area contributed by atoms with Gasteiger partial charge >= 0.3 is 0 Å². The first kappa shape index (κ1) is 20.7. The predicted octanol–water partition coefficient (Wildman–Crippen LogP) is 3.38. The van der Waals surface area contributed by atoms with E-state index in [2.05, 4.69) is 20.3 Å². The van der Waals surface area contributed by atoms with Crippen molar-refractivity contribution in [2.75, 3.05) is 13.1 Å². The highest BCUT2D eigenvalue weighted by molar-refractivity contribution is 5.94. The minimum atomic E-state index is -0.186. The summed E-state index contributed by atoms with van der Waals surface area (Å²) in [5, 5.41) is 2.95. The van der Waals surface area contributed by atoms with Crippen LogP contribution in [0.5, 0.6) is 0 Å². The van der Waals surface area contributed by atoms with Crippen LogP contribution in [0.4, 0.5) is 0 Å². The van der Waals surface area contributed by atoms with Crippen LogP contribution in [0.3, 0.4) is 0 Å². The molecule has 1 atom stereocenters. The molecule has 7 heteroatoms. The van der Waals surface area contributed by atoms with Gasteiger partial charge in [-0.2, -0.15) is 0 Å². The molecular formula is C24H25N5O2. The summed E-state index contributed by atoms with van der Waals surface area (Å²) in [6.07, 6.45) is 6.66. The van der Waals surface area contributed by atoms with Gasteiger partial charge in [-0.05, 0) is 56.2 Å². The molecular weight excluding hydrogens is 390 g/mol. The number of hydrogen-bond acceptors (Lipinski definition) is 5. The van der Waals surface area contributed by atoms with E-state index in [9.17, 15) is 9.59 Å². The first-order chi connectivity index (χ1) is 15.1. The van der Waals surface area contributed by atoms with E-state index < -0.39 is 0 Å². The Morgan fingerprint density at radius 1 is 0.968 bits per heavy atom. The number of amides is 2. The zero-order valence-electron chi connectivity index (χ0n) is 17.4. The Labute approximate surface area is 181 Å². The van der Waals surface area contributed by atoms with Crippen molar-refractivity contribution in [1.29, 1.82) is 0 Å². The second-order valence-corrected chi connectivity index (χ2v) is 7.70. The highest BCUT2D eigenvalue weighted by Crippen LogP contribution is 2.27. The third-order valence-electron chi connectivity index (χ3n) is 5.61. The molecule has 1 fully saturated rings. The summed E-state index contributed by atoms with van der Waals surface area (Å²) in [6, 6.07) is 14.6. The summed E-state index contributed by atoms with van der Waals surface area (Å²) in [5.41, 5.74) is 2.77. The number of aromatic nitrogens is 3. The zero-order valence-corrected chi connectivity index (χ0v) is 17.4. The van der Waals surface area contributed by atoms with E-state index >= 15 is 0 Å². The summed E-state index contributed by atoms with van der Waals surface area (Å²) in [7, 11) is 0. The first-order valence-corrected chi connectivity index (χ1v) is 10.5. The summed E-state index contributed by atoms with van der Waals surface area (Å²) < 4.78 is 0. The van der Waals surface area contributed by atoms with Crippen molar-refractivity contribution in [3.8, 4) is 0 Å². The predicted molar refractivity (Wildman–Crippen MR) is 116 cm³/mol. The molecule has 4 rings (SSSR count). The highest BCUT2D eigenvalue weighted by atomic mass is 16.2. The summed E-state index contributed by atoms with van der Waals surface area (Å²) in [4.78, 5) is 39.9. The topological polar surface area (TPSA) is 88.1 Å². The molecule has 0 saturated carbocycles. The molecule has 1 N–H and O–H groups in total. The minimum Gasteiger partial charge on any atom is -0.344 e. The Hall–Kier alpha value is -3.61. The van der Waals surface area contributed by atoms with E-state index in [0.717, 1.165) is 24.2 Å². The van der Waals surface area contributed by atoms with Crippen molar-refractivity contribution >= 4 is 11.8 Å². The second kappa shape index (κ2) is 9.47. The third-order valence-corrected chi connectivity index (χ3v) is 5.61. The number of nitrogens with zero attached hydrogens (tertiary/aromatic N) is 4. The van der Waals surface area contributed by atoms with Crippen LogP contribution in [0.25, 0.3) is 0 Å². The maximum atomic E-state index is 12.6. The lowest BCUT2D eigenvalue weighted by atomic mass is 9.92. The van der Waals surface area contributed by atoms with Crippen molar-refractivity contribution in [1.82, 2.24) is 25.2 Å². The van der Waals surface area contributed by atoms with Crippen LogP contribution in [-0.2, 0) is 0 Å². The molecule has 0 aromatic carbocycles. The molecule has 7 nitrogen and oxygen atoms in total. The van der Waals surface area contributed by atoms with Crippen molar-refractivity contribution in [2.24, 2.45) is 0 Å². The van der Waals surface area contributed by atoms with Gasteiger partial charge in [-0.3, -0.25) is 24.5 Å². The van der Waals surface area contributed by atoms with Crippen LogP contribution in [-0.4, -0.2) is 44.8 Å². The largest absolute Gasteiger partial charge is 0.344 e. The normalized spacial score (nSPS) is 15.3. The standard InChI is InChI=1S/C24H25N5O2/c1-17(20-6-2-4-12-25-20)28-23(30)19-8-9-21(27-16-19)18-10-14-29(15-11-18)24(31)22-7-3-5-13-26-22/h2-9,12-13,16-18H,10-11,14-15H2,1H3,(H,28,30)/t17-/m0/s1. The summed E-state index contributed by atoms with van der Waals surface area (Å²) in [6.45, 7) is 3.25. The Kier molecular flexibility index (Phi) is 6.31. The molecule has 1 saturated heterocycles. The number of hydrogen-bond donors (Lipinski definition) is 1. The Bertz CT molecular complexity index is 1020. The van der Waals surface area contributed by atoms with Gasteiger partial charge in [0.05, 0.1) is 17.3 Å². The zero-order chi connectivity index (χ0) is 21.6. The van der Waals surface area contributed by atoms with Crippen molar-refractivity contribution in [2.45, 2.75) is 31.7 Å². The fraction of sp³-hybridized carbons (Fsp3) is 0.292. The van der Waals surface area contributed by atoms with Crippen molar-refractivity contribution in [3.63, 3.8) is 0 Å². The quantitative estimate of drug-likeness (QED) is 0.690. The molecule has 4 heterocycles. The first-order valence-electron chi connectivity index (χ1n) is 10.5. The average Bonchev–Trinajstić information content (AvgIpc) is 2.85. The van der Waals surface area contributed by atoms with Crippen LogP contribution < -0.4 is 5.32 Å². The van der Waals surface area contributed by atoms with Gasteiger partial charge in [0.1, 0.15) is 5.69 Å². The average molecular weight is 415 g/mol. The van der Waals surface area contributed by atoms with Gasteiger partial charge in [0, 0.05) is 43.3 Å². The lowest BCUT2D eigenvalue weighted by molar-refractivity contribution is 0.0705. The lowest BCUT2D eigenvalue weighted by Crippen LogP contribution is -2.38. The SMILES string of the molecule is C[C@H](NC(=O)c1ccc(C2CCN(C(=O)c3ccccn3)CC2)nc1)c1ccccn1. The van der Waals surface area contributed by atoms with Gasteiger partial charge in [0.15, 0.2) is 0 Å². The molecule has 0 spiro atoms. The van der Waals surface area contributed by atoms with Gasteiger partial charge in [-0.25, -0.2) is 0 Å². The van der Waals surface area contributed by atoms with Crippen molar-refractivity contribution in [3.05, 3.63) is 89.8 Å². The lowest BCUT2D eigenvalue weighted by Gasteiger charge is -2.31. The number of nitrogens with one attached hydrogen (secondary N) is 1. The number of piperidine rings is 1. The minimum absolute atomic E-state index is 0.0268. The van der Waals surface area contributed by atoms with E-state index in [1.54, 1.807) is 30.7 Å². The molecule has 0 bridgehead atoms. The maximum absolute atomic E-state index is 12.6. The number of rotatable bonds is 5. The van der Waals surface area contributed by atoms with Crippen LogP contribution >= 0.6 is 0 Å². The van der Waals surface area contributed by atoms with Crippen LogP contribution in [0.1, 0.15) is 64.0 Å². The molecule has 3 aromatic rings. The van der Waals surface area contributed by atoms with Gasteiger partial charge in [0.25, 0.3) is 11.8 Å². The third kappa shape index (κ3) is 4.94. The van der Waals surface area contributed by atoms with E-state index in [4.69, 9.17) is 0 Å². The van der Waals surface area contributed by atoms with E-state index in [1.165, 1.54) is 0 Å². The number of carbonyl (C=O) groups excluding carboxylic acids is 2. The van der Waals surface area contributed by atoms with E-state index in [-0.39, 0.29) is 23.8 Å².